The van der Waals surface area contributed by atoms with Crippen LogP contribution >= 0.6 is 0 Å². The lowest BCUT2D eigenvalue weighted by Crippen LogP contribution is -2.15. The van der Waals surface area contributed by atoms with E-state index in [1.54, 1.807) is 25.3 Å². The molecule has 0 aromatic heterocycles. The number of carbonyl (C=O) groups excluding carboxylic acids is 1. The van der Waals surface area contributed by atoms with Crippen molar-refractivity contribution in [2.75, 3.05) is 24.9 Å². The lowest BCUT2D eigenvalue weighted by atomic mass is 10.1. The van der Waals surface area contributed by atoms with Crippen molar-refractivity contribution in [2.45, 2.75) is 13.8 Å². The first kappa shape index (κ1) is 18.9. The van der Waals surface area contributed by atoms with Crippen molar-refractivity contribution in [1.29, 1.82) is 5.26 Å². The molecule has 0 radical (unpaired) electrons. The van der Waals surface area contributed by atoms with Crippen LogP contribution in [0.2, 0.25) is 0 Å². The highest BCUT2D eigenvalue weighted by molar-refractivity contribution is 6.07. The van der Waals surface area contributed by atoms with Gasteiger partial charge in [-0.05, 0) is 37.6 Å². The second-order valence-corrected chi connectivity index (χ2v) is 5.66. The standard InChI is InChI=1S/C20H21N3O3/c1-13-5-7-17(14(2)9-13)23-20(24)15(11-21)12-22-16-6-8-18(25-3)19(10-16)26-4/h5-10,12,22H,1-4H3,(H,23,24)/b15-12-. The normalized spacial score (nSPS) is 10.7. The number of nitrogens with one attached hydrogen (secondary N) is 2. The summed E-state index contributed by atoms with van der Waals surface area (Å²) in [4.78, 5) is 12.3. The first-order valence-electron chi connectivity index (χ1n) is 7.96. The van der Waals surface area contributed by atoms with E-state index in [-0.39, 0.29) is 5.57 Å². The molecule has 2 rings (SSSR count). The molecule has 26 heavy (non-hydrogen) atoms. The molecule has 0 bridgehead atoms. The summed E-state index contributed by atoms with van der Waals surface area (Å²) in [5.41, 5.74) is 3.33. The van der Waals surface area contributed by atoms with Crippen LogP contribution in [0.15, 0.2) is 48.2 Å². The average Bonchev–Trinajstić information content (AvgIpc) is 2.64. The van der Waals surface area contributed by atoms with E-state index >= 15 is 0 Å². The third-order valence-electron chi connectivity index (χ3n) is 3.76. The van der Waals surface area contributed by atoms with Gasteiger partial charge in [0.15, 0.2) is 11.5 Å². The second kappa shape index (κ2) is 8.58. The van der Waals surface area contributed by atoms with Gasteiger partial charge in [0.25, 0.3) is 5.91 Å². The smallest absolute Gasteiger partial charge is 0.267 e. The van der Waals surface area contributed by atoms with Crippen LogP contribution < -0.4 is 20.1 Å². The Balaban J connectivity index is 2.14. The molecule has 2 N–H and O–H groups in total. The zero-order valence-electron chi connectivity index (χ0n) is 15.2. The molecule has 0 heterocycles. The number of hydrogen-bond donors (Lipinski definition) is 2. The number of carbonyl (C=O) groups is 1. The van der Waals surface area contributed by atoms with Gasteiger partial charge in [-0.25, -0.2) is 0 Å². The number of aryl methyl sites for hydroxylation is 2. The summed E-state index contributed by atoms with van der Waals surface area (Å²) in [6.07, 6.45) is 1.36. The van der Waals surface area contributed by atoms with Crippen molar-refractivity contribution in [3.8, 4) is 17.6 Å². The third-order valence-corrected chi connectivity index (χ3v) is 3.76. The summed E-state index contributed by atoms with van der Waals surface area (Å²) in [5.74, 6) is 0.659. The highest BCUT2D eigenvalue weighted by Gasteiger charge is 2.11. The van der Waals surface area contributed by atoms with E-state index in [2.05, 4.69) is 10.6 Å². The van der Waals surface area contributed by atoms with Crippen molar-refractivity contribution >= 4 is 17.3 Å². The number of nitriles is 1. The van der Waals surface area contributed by atoms with Gasteiger partial charge in [0.2, 0.25) is 0 Å². The van der Waals surface area contributed by atoms with E-state index in [1.807, 2.05) is 38.1 Å². The maximum atomic E-state index is 12.3. The van der Waals surface area contributed by atoms with Gasteiger partial charge in [0, 0.05) is 23.6 Å². The summed E-state index contributed by atoms with van der Waals surface area (Å²) >= 11 is 0. The maximum Gasteiger partial charge on any atom is 0.267 e. The molecule has 0 unspecified atom stereocenters. The lowest BCUT2D eigenvalue weighted by Gasteiger charge is -2.10. The Hall–Kier alpha value is -3.46. The van der Waals surface area contributed by atoms with E-state index < -0.39 is 5.91 Å². The highest BCUT2D eigenvalue weighted by Crippen LogP contribution is 2.29. The first-order valence-corrected chi connectivity index (χ1v) is 7.96. The predicted molar refractivity (Wildman–Crippen MR) is 101 cm³/mol. The molecular formula is C20H21N3O3. The summed E-state index contributed by atoms with van der Waals surface area (Å²) in [6, 6.07) is 12.8. The van der Waals surface area contributed by atoms with Crippen LogP contribution in [-0.4, -0.2) is 20.1 Å². The Morgan fingerprint density at radius 3 is 2.42 bits per heavy atom. The van der Waals surface area contributed by atoms with Crippen molar-refractivity contribution in [3.05, 3.63) is 59.3 Å². The number of benzene rings is 2. The van der Waals surface area contributed by atoms with Gasteiger partial charge in [-0.2, -0.15) is 5.26 Å². The summed E-state index contributed by atoms with van der Waals surface area (Å²) in [6.45, 7) is 3.88. The molecule has 6 nitrogen and oxygen atoms in total. The third kappa shape index (κ3) is 4.54. The van der Waals surface area contributed by atoms with Gasteiger partial charge < -0.3 is 20.1 Å². The zero-order chi connectivity index (χ0) is 19.1. The fraction of sp³-hybridized carbons (Fsp3) is 0.200. The molecule has 0 atom stereocenters. The van der Waals surface area contributed by atoms with E-state index in [1.165, 1.54) is 13.3 Å². The molecule has 0 spiro atoms. The zero-order valence-corrected chi connectivity index (χ0v) is 15.2. The van der Waals surface area contributed by atoms with Crippen molar-refractivity contribution in [2.24, 2.45) is 0 Å². The molecular weight excluding hydrogens is 330 g/mol. The molecule has 1 amide bonds. The van der Waals surface area contributed by atoms with E-state index in [0.717, 1.165) is 11.1 Å². The quantitative estimate of drug-likeness (QED) is 0.611. The monoisotopic (exact) mass is 351 g/mol. The van der Waals surface area contributed by atoms with Crippen molar-refractivity contribution < 1.29 is 14.3 Å². The number of nitrogens with zero attached hydrogens (tertiary/aromatic N) is 1. The molecule has 6 heteroatoms. The number of ether oxygens (including phenoxy) is 2. The number of amides is 1. The Labute approximate surface area is 153 Å². The highest BCUT2D eigenvalue weighted by atomic mass is 16.5. The van der Waals surface area contributed by atoms with Crippen LogP contribution in [0.1, 0.15) is 11.1 Å². The van der Waals surface area contributed by atoms with Crippen LogP contribution in [0, 0.1) is 25.2 Å². The molecule has 134 valence electrons. The molecule has 0 aliphatic rings. The summed E-state index contributed by atoms with van der Waals surface area (Å²) in [7, 11) is 3.09. The van der Waals surface area contributed by atoms with Crippen LogP contribution in [0.25, 0.3) is 0 Å². The molecule has 2 aromatic carbocycles. The molecule has 2 aromatic rings. The largest absolute Gasteiger partial charge is 0.493 e. The SMILES string of the molecule is COc1ccc(N/C=C(/C#N)C(=O)Nc2ccc(C)cc2C)cc1OC. The van der Waals surface area contributed by atoms with Crippen LogP contribution in [-0.2, 0) is 4.79 Å². The number of rotatable bonds is 6. The van der Waals surface area contributed by atoms with Gasteiger partial charge in [0.05, 0.1) is 14.2 Å². The van der Waals surface area contributed by atoms with E-state index in [9.17, 15) is 10.1 Å². The van der Waals surface area contributed by atoms with E-state index in [0.29, 0.717) is 22.9 Å². The Morgan fingerprint density at radius 1 is 1.08 bits per heavy atom. The summed E-state index contributed by atoms with van der Waals surface area (Å²) in [5, 5.41) is 15.0. The summed E-state index contributed by atoms with van der Waals surface area (Å²) < 4.78 is 10.4. The second-order valence-electron chi connectivity index (χ2n) is 5.66. The molecule has 0 aliphatic heterocycles. The Bertz CT molecular complexity index is 882. The van der Waals surface area contributed by atoms with Gasteiger partial charge >= 0.3 is 0 Å². The predicted octanol–water partition coefficient (Wildman–Crippen LogP) is 3.78. The molecule has 0 saturated heterocycles. The van der Waals surface area contributed by atoms with Crippen LogP contribution in [0.4, 0.5) is 11.4 Å². The minimum atomic E-state index is -0.479. The molecule has 0 saturated carbocycles. The van der Waals surface area contributed by atoms with Crippen LogP contribution in [0.5, 0.6) is 11.5 Å². The number of methoxy groups -OCH3 is 2. The van der Waals surface area contributed by atoms with Crippen molar-refractivity contribution in [3.63, 3.8) is 0 Å². The Kier molecular flexibility index (Phi) is 6.23. The van der Waals surface area contributed by atoms with Gasteiger partial charge in [-0.1, -0.05) is 17.7 Å². The van der Waals surface area contributed by atoms with Crippen molar-refractivity contribution in [1.82, 2.24) is 0 Å². The van der Waals surface area contributed by atoms with E-state index in [4.69, 9.17) is 9.47 Å². The maximum absolute atomic E-state index is 12.3. The molecule has 0 fully saturated rings. The van der Waals surface area contributed by atoms with Gasteiger partial charge in [-0.3, -0.25) is 4.79 Å². The topological polar surface area (TPSA) is 83.4 Å². The lowest BCUT2D eigenvalue weighted by molar-refractivity contribution is -0.112. The number of hydrogen-bond acceptors (Lipinski definition) is 5. The minimum Gasteiger partial charge on any atom is -0.493 e. The minimum absolute atomic E-state index is 0.0419. The Morgan fingerprint density at radius 2 is 1.81 bits per heavy atom. The molecule has 0 aliphatic carbocycles. The number of anilines is 2. The van der Waals surface area contributed by atoms with Crippen LogP contribution in [0.3, 0.4) is 0 Å². The fourth-order valence-corrected chi connectivity index (χ4v) is 2.37. The fourth-order valence-electron chi connectivity index (χ4n) is 2.37. The van der Waals surface area contributed by atoms with Gasteiger partial charge in [-0.15, -0.1) is 0 Å². The average molecular weight is 351 g/mol. The first-order chi connectivity index (χ1) is 12.5. The van der Waals surface area contributed by atoms with Gasteiger partial charge in [0.1, 0.15) is 11.6 Å².